The number of sulfonamides is 1. The molecule has 15 heteroatoms. The van der Waals surface area contributed by atoms with Gasteiger partial charge in [0.25, 0.3) is 26.2 Å². The predicted molar refractivity (Wildman–Crippen MR) is 171 cm³/mol. The monoisotopic (exact) mass is 672 g/mol. The molecule has 3 N–H and O–H groups in total. The van der Waals surface area contributed by atoms with E-state index in [2.05, 4.69) is 41.3 Å². The molecule has 1 fully saturated rings. The second kappa shape index (κ2) is 13.5. The lowest BCUT2D eigenvalue weighted by atomic mass is 9.70. The molecule has 0 bridgehead atoms. The normalized spacial score (nSPS) is 16.7. The first-order chi connectivity index (χ1) is 21.1. The van der Waals surface area contributed by atoms with Crippen LogP contribution in [0, 0.1) is 5.41 Å². The fourth-order valence-electron chi connectivity index (χ4n) is 5.20. The highest BCUT2D eigenvalue weighted by molar-refractivity contribution is 7.92. The molecule has 0 unspecified atom stereocenters. The Morgan fingerprint density at radius 3 is 2.29 bits per heavy atom. The predicted octanol–water partition coefficient (Wildman–Crippen LogP) is 3.99. The molecular weight excluding hydrogens is 640 g/mol. The molecular formula is C30H33ClN6O6S2. The first-order valence-electron chi connectivity index (χ1n) is 13.9. The Morgan fingerprint density at radius 1 is 1.04 bits per heavy atom. The molecule has 0 aliphatic carbocycles. The molecule has 45 heavy (non-hydrogen) atoms. The van der Waals surface area contributed by atoms with Crippen LogP contribution in [0.5, 0.6) is 0 Å². The zero-order valence-corrected chi connectivity index (χ0v) is 27.5. The maximum absolute atomic E-state index is 13.7. The fraction of sp³-hybridized carbons (Fsp3) is 0.333. The summed E-state index contributed by atoms with van der Waals surface area (Å²) in [6.45, 7) is 11.9. The van der Waals surface area contributed by atoms with Gasteiger partial charge in [0, 0.05) is 36.2 Å². The molecule has 0 saturated carbocycles. The topological polar surface area (TPSA) is 168 Å². The van der Waals surface area contributed by atoms with Crippen molar-refractivity contribution in [2.45, 2.75) is 50.4 Å². The number of rotatable bonds is 9. The van der Waals surface area contributed by atoms with Crippen LogP contribution >= 0.6 is 22.9 Å². The number of anilines is 1. The zero-order chi connectivity index (χ0) is 33.1. The first kappa shape index (κ1) is 33.7. The fourth-order valence-corrected chi connectivity index (χ4v) is 7.24. The van der Waals surface area contributed by atoms with E-state index in [-0.39, 0.29) is 33.5 Å². The van der Waals surface area contributed by atoms with Crippen molar-refractivity contribution in [1.82, 2.24) is 25.1 Å². The summed E-state index contributed by atoms with van der Waals surface area (Å²) in [6.07, 6.45) is 0.725. The van der Waals surface area contributed by atoms with Crippen molar-refractivity contribution < 1.29 is 27.6 Å². The highest BCUT2D eigenvalue weighted by Crippen LogP contribution is 2.42. The Morgan fingerprint density at radius 2 is 1.69 bits per heavy atom. The minimum Gasteiger partial charge on any atom is -0.340 e. The van der Waals surface area contributed by atoms with Gasteiger partial charge in [-0.05, 0) is 66.1 Å². The van der Waals surface area contributed by atoms with Gasteiger partial charge in [-0.25, -0.2) is 4.72 Å². The number of nitrogens with zero attached hydrogens (tertiary/aromatic N) is 3. The summed E-state index contributed by atoms with van der Waals surface area (Å²) in [6, 6.07) is 12.1. The van der Waals surface area contributed by atoms with Gasteiger partial charge in [0.05, 0.1) is 0 Å². The second-order valence-corrected chi connectivity index (χ2v) is 14.7. The number of carbonyl (C=O) groups excluding carboxylic acids is 4. The number of nitrogens with one attached hydrogen (secondary N) is 3. The molecule has 4 amide bonds. The number of piperidine rings is 1. The third-order valence-electron chi connectivity index (χ3n) is 7.36. The lowest BCUT2D eigenvalue weighted by molar-refractivity contribution is -0.135. The van der Waals surface area contributed by atoms with E-state index >= 15 is 0 Å². The number of likely N-dealkylation sites (tertiary alicyclic amines) is 1. The number of hydrogen-bond donors (Lipinski definition) is 3. The Kier molecular flexibility index (Phi) is 10.1. The van der Waals surface area contributed by atoms with Gasteiger partial charge in [-0.2, -0.15) is 8.42 Å². The molecule has 2 aromatic carbocycles. The molecule has 0 spiro atoms. The second-order valence-electron chi connectivity index (χ2n) is 11.5. The van der Waals surface area contributed by atoms with Crippen molar-refractivity contribution in [3.8, 4) is 0 Å². The van der Waals surface area contributed by atoms with Crippen LogP contribution in [0.15, 0.2) is 65.0 Å². The van der Waals surface area contributed by atoms with Crippen molar-refractivity contribution in [2.75, 3.05) is 18.4 Å². The molecule has 238 valence electrons. The molecule has 3 aromatic rings. The van der Waals surface area contributed by atoms with Crippen molar-refractivity contribution in [3.05, 3.63) is 82.4 Å². The molecule has 0 radical (unpaired) electrons. The van der Waals surface area contributed by atoms with E-state index in [0.717, 1.165) is 12.0 Å². The number of hydrogen-bond acceptors (Lipinski definition) is 9. The molecule has 1 aromatic heterocycles. The maximum atomic E-state index is 13.7. The van der Waals surface area contributed by atoms with Gasteiger partial charge in [-0.1, -0.05) is 61.6 Å². The first-order valence-corrected chi connectivity index (χ1v) is 16.5. The number of carbonyl (C=O) groups is 4. The maximum Gasteiger partial charge on any atom is 0.293 e. The highest BCUT2D eigenvalue weighted by Gasteiger charge is 2.40. The number of benzene rings is 2. The van der Waals surface area contributed by atoms with Gasteiger partial charge in [0.2, 0.25) is 16.9 Å². The smallest absolute Gasteiger partial charge is 0.293 e. The zero-order valence-electron chi connectivity index (χ0n) is 25.1. The molecule has 1 aliphatic heterocycles. The standard InChI is InChI=1S/C30H33ClN6O6S2/c1-17(2)24(27(41)37-14-13-23(30(4,5)16-37)19-9-11-22(31)12-10-19)33-25(39)20-7-6-8-21(15-20)26(40)36-45(42,43)29-35-34-28(44-29)32-18(3)38/h6-12,15,23-24H,1,13-14,16H2,2-5H3,(H,33,39)(H,36,40)(H,32,34,38)/t23-,24-/m1/s1. The van der Waals surface area contributed by atoms with E-state index in [1.54, 1.807) is 11.8 Å². The van der Waals surface area contributed by atoms with E-state index in [0.29, 0.717) is 35.0 Å². The average molecular weight is 673 g/mol. The largest absolute Gasteiger partial charge is 0.340 e. The van der Waals surface area contributed by atoms with E-state index in [1.165, 1.54) is 31.2 Å². The number of amides is 4. The van der Waals surface area contributed by atoms with Gasteiger partial charge in [-0.3, -0.25) is 19.2 Å². The van der Waals surface area contributed by atoms with Crippen molar-refractivity contribution in [3.63, 3.8) is 0 Å². The quantitative estimate of drug-likeness (QED) is 0.227. The third-order valence-corrected chi connectivity index (χ3v) is 10.2. The Bertz CT molecular complexity index is 1760. The number of aromatic nitrogens is 2. The van der Waals surface area contributed by atoms with E-state index in [9.17, 15) is 27.6 Å². The average Bonchev–Trinajstić information content (AvgIpc) is 3.44. The number of halogens is 1. The molecule has 2 heterocycles. The summed E-state index contributed by atoms with van der Waals surface area (Å²) in [5.74, 6) is -2.21. The minimum atomic E-state index is -4.42. The van der Waals surface area contributed by atoms with Crippen LogP contribution in [0.3, 0.4) is 0 Å². The summed E-state index contributed by atoms with van der Waals surface area (Å²) >= 11 is 6.63. The van der Waals surface area contributed by atoms with Gasteiger partial charge in [-0.15, -0.1) is 10.2 Å². The Hall–Kier alpha value is -4.14. The molecule has 1 aliphatic rings. The van der Waals surface area contributed by atoms with Crippen LogP contribution in [-0.4, -0.2) is 66.3 Å². The van der Waals surface area contributed by atoms with Crippen molar-refractivity contribution >= 4 is 61.7 Å². The van der Waals surface area contributed by atoms with Crippen molar-refractivity contribution in [2.24, 2.45) is 5.41 Å². The molecule has 1 saturated heterocycles. The van der Waals surface area contributed by atoms with E-state index < -0.39 is 38.1 Å². The third kappa shape index (κ3) is 8.12. The summed E-state index contributed by atoms with van der Waals surface area (Å²) in [7, 11) is -4.42. The van der Waals surface area contributed by atoms with Crippen LogP contribution < -0.4 is 15.4 Å². The van der Waals surface area contributed by atoms with Gasteiger partial charge in [0.15, 0.2) is 0 Å². The highest BCUT2D eigenvalue weighted by atomic mass is 35.5. The van der Waals surface area contributed by atoms with Crippen LogP contribution in [0.2, 0.25) is 5.02 Å². The summed E-state index contributed by atoms with van der Waals surface area (Å²) in [4.78, 5) is 52.7. The van der Waals surface area contributed by atoms with Gasteiger partial charge < -0.3 is 15.5 Å². The van der Waals surface area contributed by atoms with E-state index in [1.807, 2.05) is 29.0 Å². The van der Waals surface area contributed by atoms with Crippen molar-refractivity contribution in [1.29, 1.82) is 0 Å². The Labute approximate surface area is 270 Å². The van der Waals surface area contributed by atoms with Gasteiger partial charge >= 0.3 is 0 Å². The van der Waals surface area contributed by atoms with Crippen LogP contribution in [0.25, 0.3) is 0 Å². The van der Waals surface area contributed by atoms with Crippen LogP contribution in [0.1, 0.15) is 66.3 Å². The summed E-state index contributed by atoms with van der Waals surface area (Å²) in [5.41, 5.74) is 1.23. The Balaban J connectivity index is 1.44. The summed E-state index contributed by atoms with van der Waals surface area (Å²) in [5, 5.41) is 12.7. The van der Waals surface area contributed by atoms with Gasteiger partial charge in [0.1, 0.15) is 6.04 Å². The lowest BCUT2D eigenvalue weighted by Crippen LogP contribution is -2.54. The molecule has 4 rings (SSSR count). The van der Waals surface area contributed by atoms with Crippen LogP contribution in [0.4, 0.5) is 5.13 Å². The minimum absolute atomic E-state index is 0.0322. The molecule has 2 atom stereocenters. The summed E-state index contributed by atoms with van der Waals surface area (Å²) < 4.78 is 26.7. The molecule has 12 nitrogen and oxygen atoms in total. The van der Waals surface area contributed by atoms with E-state index in [4.69, 9.17) is 11.6 Å². The van der Waals surface area contributed by atoms with Crippen LogP contribution in [-0.2, 0) is 19.6 Å². The lowest BCUT2D eigenvalue weighted by Gasteiger charge is -2.45. The SMILES string of the molecule is C=C(C)[C@@H](NC(=O)c1cccc(C(=O)NS(=O)(=O)c2nnc(NC(C)=O)s2)c1)C(=O)N1CC[C@H](c2ccc(Cl)cc2)C(C)(C)C1.